The number of amides is 1. The van der Waals surface area contributed by atoms with Crippen molar-refractivity contribution in [1.82, 2.24) is 15.5 Å². The zero-order chi connectivity index (χ0) is 14.8. The van der Waals surface area contributed by atoms with Gasteiger partial charge < -0.3 is 15.5 Å². The van der Waals surface area contributed by atoms with E-state index in [-0.39, 0.29) is 40.7 Å². The van der Waals surface area contributed by atoms with Gasteiger partial charge in [-0.15, -0.1) is 24.0 Å². The van der Waals surface area contributed by atoms with Gasteiger partial charge in [0, 0.05) is 45.1 Å². The monoisotopic (exact) mass is 408 g/mol. The summed E-state index contributed by atoms with van der Waals surface area (Å²) in [4.78, 5) is 18.3. The summed E-state index contributed by atoms with van der Waals surface area (Å²) in [5, 5.41) is 6.46. The Morgan fingerprint density at radius 3 is 2.71 bits per heavy atom. The molecule has 122 valence electrons. The third-order valence-corrected chi connectivity index (χ3v) is 4.15. The summed E-state index contributed by atoms with van der Waals surface area (Å²) in [5.74, 6) is 1.17. The first-order valence-electron chi connectivity index (χ1n) is 7.56. The first kappa shape index (κ1) is 18.5. The number of piperidine rings is 1. The van der Waals surface area contributed by atoms with Crippen molar-refractivity contribution in [2.45, 2.75) is 40.0 Å². The number of rotatable bonds is 1. The number of nitrogens with zero attached hydrogens (tertiary/aromatic N) is 2. The maximum Gasteiger partial charge on any atom is 0.220 e. The number of likely N-dealkylation sites (tertiary alicyclic amines) is 1. The second-order valence-electron chi connectivity index (χ2n) is 7.44. The lowest BCUT2D eigenvalue weighted by molar-refractivity contribution is -0.119. The van der Waals surface area contributed by atoms with Crippen LogP contribution in [0.5, 0.6) is 0 Å². The van der Waals surface area contributed by atoms with Crippen LogP contribution >= 0.6 is 24.0 Å². The van der Waals surface area contributed by atoms with Crippen LogP contribution in [0.4, 0.5) is 0 Å². The lowest BCUT2D eigenvalue weighted by atomic mass is 9.79. The van der Waals surface area contributed by atoms with Crippen molar-refractivity contribution < 1.29 is 4.79 Å². The largest absolute Gasteiger partial charge is 0.356 e. The van der Waals surface area contributed by atoms with Gasteiger partial charge in [-0.3, -0.25) is 9.79 Å². The van der Waals surface area contributed by atoms with Gasteiger partial charge in [0.25, 0.3) is 0 Å². The molecule has 0 radical (unpaired) electrons. The number of carbonyl (C=O) groups excluding carboxylic acids is 1. The molecule has 2 rings (SSSR count). The van der Waals surface area contributed by atoms with E-state index in [9.17, 15) is 4.79 Å². The topological polar surface area (TPSA) is 56.7 Å². The highest BCUT2D eigenvalue weighted by atomic mass is 127. The summed E-state index contributed by atoms with van der Waals surface area (Å²) >= 11 is 0. The number of aliphatic imine (C=N–C) groups is 1. The van der Waals surface area contributed by atoms with Crippen molar-refractivity contribution in [2.75, 3.05) is 33.2 Å². The van der Waals surface area contributed by atoms with Crippen molar-refractivity contribution in [1.29, 1.82) is 0 Å². The maximum atomic E-state index is 11.5. The molecule has 5 nitrogen and oxygen atoms in total. The summed E-state index contributed by atoms with van der Waals surface area (Å²) in [5.41, 5.74) is 0.350. The van der Waals surface area contributed by atoms with Crippen LogP contribution in [-0.2, 0) is 4.79 Å². The zero-order valence-electron chi connectivity index (χ0n) is 13.7. The van der Waals surface area contributed by atoms with E-state index >= 15 is 0 Å². The molecule has 2 aliphatic heterocycles. The Labute approximate surface area is 145 Å². The molecule has 21 heavy (non-hydrogen) atoms. The highest BCUT2D eigenvalue weighted by Gasteiger charge is 2.42. The smallest absolute Gasteiger partial charge is 0.220 e. The lowest BCUT2D eigenvalue weighted by Gasteiger charge is -2.41. The Hall–Kier alpha value is -0.530. The van der Waals surface area contributed by atoms with Gasteiger partial charge >= 0.3 is 0 Å². The molecule has 0 saturated carbocycles. The minimum absolute atomic E-state index is 0. The molecule has 2 saturated heterocycles. The molecule has 0 aromatic heterocycles. The Bertz CT molecular complexity index is 405. The second-order valence-corrected chi connectivity index (χ2v) is 7.44. The first-order chi connectivity index (χ1) is 9.34. The van der Waals surface area contributed by atoms with E-state index in [0.717, 1.165) is 45.0 Å². The molecule has 0 aromatic carbocycles. The summed E-state index contributed by atoms with van der Waals surface area (Å²) < 4.78 is 0. The van der Waals surface area contributed by atoms with Crippen LogP contribution in [0.2, 0.25) is 0 Å². The molecule has 1 atom stereocenters. The zero-order valence-corrected chi connectivity index (χ0v) is 16.0. The summed E-state index contributed by atoms with van der Waals surface area (Å²) in [6, 6.07) is 0. The van der Waals surface area contributed by atoms with E-state index in [2.05, 4.69) is 41.3 Å². The van der Waals surface area contributed by atoms with E-state index in [1.807, 2.05) is 7.05 Å². The average molecular weight is 408 g/mol. The van der Waals surface area contributed by atoms with E-state index in [4.69, 9.17) is 0 Å². The summed E-state index contributed by atoms with van der Waals surface area (Å²) in [6.45, 7) is 10.3. The minimum atomic E-state index is 0. The Morgan fingerprint density at radius 1 is 1.48 bits per heavy atom. The van der Waals surface area contributed by atoms with E-state index in [1.54, 1.807) is 0 Å². The molecule has 0 aromatic rings. The van der Waals surface area contributed by atoms with Gasteiger partial charge in [0.15, 0.2) is 5.96 Å². The number of hydrogen-bond acceptors (Lipinski definition) is 2. The van der Waals surface area contributed by atoms with Gasteiger partial charge in [-0.2, -0.15) is 0 Å². The molecule has 2 aliphatic rings. The SMILES string of the molecule is CN=C(NCC(C)(C)C)N1CCCC2(CNC(=O)C2)C1.I. The van der Waals surface area contributed by atoms with E-state index < -0.39 is 0 Å². The van der Waals surface area contributed by atoms with Gasteiger partial charge in [-0.25, -0.2) is 0 Å². The van der Waals surface area contributed by atoms with Crippen LogP contribution in [0.15, 0.2) is 4.99 Å². The van der Waals surface area contributed by atoms with Crippen LogP contribution in [-0.4, -0.2) is 50.0 Å². The molecule has 6 heteroatoms. The number of nitrogens with one attached hydrogen (secondary N) is 2. The number of guanidine groups is 1. The summed E-state index contributed by atoms with van der Waals surface area (Å²) in [7, 11) is 1.84. The highest BCUT2D eigenvalue weighted by molar-refractivity contribution is 14.0. The molecular formula is C15H29IN4O. The molecule has 0 bridgehead atoms. The van der Waals surface area contributed by atoms with Crippen molar-refractivity contribution in [3.63, 3.8) is 0 Å². The van der Waals surface area contributed by atoms with Crippen LogP contribution in [0.1, 0.15) is 40.0 Å². The molecule has 0 aliphatic carbocycles. The Kier molecular flexibility index (Phi) is 6.31. The molecule has 2 fully saturated rings. The molecule has 1 unspecified atom stereocenters. The predicted octanol–water partition coefficient (Wildman–Crippen LogP) is 1.83. The fourth-order valence-corrected chi connectivity index (χ4v) is 3.11. The standard InChI is InChI=1S/C15H28N4O.HI/c1-14(2,3)9-18-13(16-4)19-7-5-6-15(11-19)8-12(20)17-10-15;/h5-11H2,1-4H3,(H,16,18)(H,17,20);1H. The maximum absolute atomic E-state index is 11.5. The third-order valence-electron chi connectivity index (χ3n) is 4.15. The average Bonchev–Trinajstić information content (AvgIpc) is 2.70. The normalized spacial score (nSPS) is 26.6. The van der Waals surface area contributed by atoms with Crippen molar-refractivity contribution in [3.05, 3.63) is 0 Å². The first-order valence-corrected chi connectivity index (χ1v) is 7.56. The van der Waals surface area contributed by atoms with Gasteiger partial charge in [-0.05, 0) is 18.3 Å². The molecule has 1 amide bonds. The van der Waals surface area contributed by atoms with Crippen molar-refractivity contribution in [2.24, 2.45) is 15.8 Å². The van der Waals surface area contributed by atoms with Crippen LogP contribution in [0, 0.1) is 10.8 Å². The molecule has 1 spiro atoms. The van der Waals surface area contributed by atoms with E-state index in [1.165, 1.54) is 0 Å². The fraction of sp³-hybridized carbons (Fsp3) is 0.867. The van der Waals surface area contributed by atoms with E-state index in [0.29, 0.717) is 6.42 Å². The van der Waals surface area contributed by atoms with Gasteiger partial charge in [0.1, 0.15) is 0 Å². The molecule has 2 N–H and O–H groups in total. The van der Waals surface area contributed by atoms with Crippen LogP contribution in [0.25, 0.3) is 0 Å². The van der Waals surface area contributed by atoms with Crippen molar-refractivity contribution >= 4 is 35.8 Å². The number of halogens is 1. The molecule has 2 heterocycles. The lowest BCUT2D eigenvalue weighted by Crippen LogP contribution is -2.52. The number of hydrogen-bond donors (Lipinski definition) is 2. The van der Waals surface area contributed by atoms with Crippen LogP contribution in [0.3, 0.4) is 0 Å². The quantitative estimate of drug-likeness (QED) is 0.396. The van der Waals surface area contributed by atoms with Gasteiger partial charge in [-0.1, -0.05) is 20.8 Å². The Morgan fingerprint density at radius 2 is 2.19 bits per heavy atom. The minimum Gasteiger partial charge on any atom is -0.356 e. The Balaban J connectivity index is 0.00000220. The fourth-order valence-electron chi connectivity index (χ4n) is 3.11. The summed E-state index contributed by atoms with van der Waals surface area (Å²) in [6.07, 6.45) is 2.93. The highest BCUT2D eigenvalue weighted by Crippen LogP contribution is 2.35. The number of carbonyl (C=O) groups is 1. The predicted molar refractivity (Wildman–Crippen MR) is 97.1 cm³/mol. The molecular weight excluding hydrogens is 379 g/mol. The third kappa shape index (κ3) is 5.00. The van der Waals surface area contributed by atoms with Gasteiger partial charge in [0.05, 0.1) is 0 Å². The van der Waals surface area contributed by atoms with Crippen LogP contribution < -0.4 is 10.6 Å². The van der Waals surface area contributed by atoms with Gasteiger partial charge in [0.2, 0.25) is 5.91 Å². The van der Waals surface area contributed by atoms with Crippen molar-refractivity contribution in [3.8, 4) is 0 Å². The second kappa shape index (κ2) is 7.15.